The Morgan fingerprint density at radius 3 is 2.50 bits per heavy atom. The lowest BCUT2D eigenvalue weighted by molar-refractivity contribution is 0.883. The van der Waals surface area contributed by atoms with E-state index in [4.69, 9.17) is 0 Å². The van der Waals surface area contributed by atoms with Gasteiger partial charge in [0.05, 0.1) is 0 Å². The summed E-state index contributed by atoms with van der Waals surface area (Å²) in [5.41, 5.74) is 1.32. The van der Waals surface area contributed by atoms with Crippen molar-refractivity contribution in [2.24, 2.45) is 0 Å². The number of aromatic nitrogens is 2. The summed E-state index contributed by atoms with van der Waals surface area (Å²) in [6, 6.07) is 10.9. The highest BCUT2D eigenvalue weighted by Crippen LogP contribution is 2.37. The van der Waals surface area contributed by atoms with Gasteiger partial charge in [0.1, 0.15) is 0 Å². The van der Waals surface area contributed by atoms with Crippen LogP contribution < -0.4 is 5.32 Å². The zero-order valence-electron chi connectivity index (χ0n) is 10.8. The number of hydrogen-bond acceptors (Lipinski definition) is 5. The van der Waals surface area contributed by atoms with Gasteiger partial charge >= 0.3 is 0 Å². The van der Waals surface area contributed by atoms with Gasteiger partial charge in [-0.15, -0.1) is 10.2 Å². The average Bonchev–Trinajstić information content (AvgIpc) is 2.76. The van der Waals surface area contributed by atoms with Gasteiger partial charge in [-0.05, 0) is 26.3 Å². The molecule has 0 saturated carbocycles. The van der Waals surface area contributed by atoms with Gasteiger partial charge in [0, 0.05) is 11.3 Å². The summed E-state index contributed by atoms with van der Waals surface area (Å²) >= 11 is 3.36. The van der Waals surface area contributed by atoms with Gasteiger partial charge in [0.15, 0.2) is 4.34 Å². The van der Waals surface area contributed by atoms with Crippen LogP contribution in [0.5, 0.6) is 0 Å². The Labute approximate surface area is 116 Å². The van der Waals surface area contributed by atoms with Crippen LogP contribution in [0.15, 0.2) is 34.7 Å². The van der Waals surface area contributed by atoms with Gasteiger partial charge in [-0.3, -0.25) is 0 Å². The maximum Gasteiger partial charge on any atom is 0.206 e. The normalized spacial score (nSPS) is 12.7. The summed E-state index contributed by atoms with van der Waals surface area (Å²) in [5, 5.41) is 12.9. The van der Waals surface area contributed by atoms with Crippen molar-refractivity contribution in [3.05, 3.63) is 35.9 Å². The molecule has 0 aliphatic carbocycles. The summed E-state index contributed by atoms with van der Waals surface area (Å²) in [6.07, 6.45) is 0. The van der Waals surface area contributed by atoms with Crippen molar-refractivity contribution in [3.8, 4) is 0 Å². The molecule has 96 valence electrons. The zero-order chi connectivity index (χ0) is 13.0. The summed E-state index contributed by atoms with van der Waals surface area (Å²) in [6.45, 7) is 6.39. The van der Waals surface area contributed by atoms with Crippen LogP contribution in [0.2, 0.25) is 0 Å². The summed E-state index contributed by atoms with van der Waals surface area (Å²) in [5.74, 6) is 0. The predicted octanol–water partition coefficient (Wildman–Crippen LogP) is 4.21. The van der Waals surface area contributed by atoms with E-state index in [1.54, 1.807) is 23.1 Å². The Kier molecular flexibility index (Phi) is 4.60. The van der Waals surface area contributed by atoms with E-state index in [0.29, 0.717) is 11.3 Å². The molecule has 1 atom stereocenters. The molecular formula is C13H17N3S2. The van der Waals surface area contributed by atoms with E-state index in [9.17, 15) is 0 Å². The number of hydrogen-bond donors (Lipinski definition) is 1. The fraction of sp³-hybridized carbons (Fsp3) is 0.385. The van der Waals surface area contributed by atoms with Gasteiger partial charge in [-0.2, -0.15) is 0 Å². The Morgan fingerprint density at radius 2 is 1.83 bits per heavy atom. The van der Waals surface area contributed by atoms with Gasteiger partial charge in [-0.1, -0.05) is 53.4 Å². The molecule has 0 fully saturated rings. The fourth-order valence-corrected chi connectivity index (χ4v) is 3.68. The van der Waals surface area contributed by atoms with Crippen LogP contribution in [0.4, 0.5) is 5.13 Å². The third kappa shape index (κ3) is 3.71. The van der Waals surface area contributed by atoms with Crippen LogP contribution in [0.1, 0.15) is 31.6 Å². The lowest BCUT2D eigenvalue weighted by Gasteiger charge is -2.08. The Bertz CT molecular complexity index is 482. The molecule has 0 amide bonds. The Morgan fingerprint density at radius 1 is 1.11 bits per heavy atom. The van der Waals surface area contributed by atoms with Gasteiger partial charge in [0.25, 0.3) is 0 Å². The zero-order valence-corrected chi connectivity index (χ0v) is 12.4. The van der Waals surface area contributed by atoms with E-state index in [1.165, 1.54) is 5.56 Å². The molecule has 0 bridgehead atoms. The van der Waals surface area contributed by atoms with Crippen LogP contribution in [0, 0.1) is 0 Å². The molecule has 1 unspecified atom stereocenters. The van der Waals surface area contributed by atoms with E-state index < -0.39 is 0 Å². The number of nitrogens with zero attached hydrogens (tertiary/aromatic N) is 2. The lowest BCUT2D eigenvalue weighted by Crippen LogP contribution is -2.08. The molecule has 1 N–H and O–H groups in total. The van der Waals surface area contributed by atoms with E-state index in [2.05, 4.69) is 60.6 Å². The van der Waals surface area contributed by atoms with Crippen molar-refractivity contribution in [1.29, 1.82) is 0 Å². The van der Waals surface area contributed by atoms with Crippen molar-refractivity contribution in [3.63, 3.8) is 0 Å². The van der Waals surface area contributed by atoms with Gasteiger partial charge in [-0.25, -0.2) is 0 Å². The van der Waals surface area contributed by atoms with Crippen molar-refractivity contribution >= 4 is 28.2 Å². The van der Waals surface area contributed by atoms with Gasteiger partial charge < -0.3 is 5.32 Å². The second-order valence-corrected chi connectivity index (χ2v) is 6.91. The Hall–Kier alpha value is -1.07. The molecule has 0 radical (unpaired) electrons. The molecule has 3 nitrogen and oxygen atoms in total. The quantitative estimate of drug-likeness (QED) is 0.832. The first-order valence-electron chi connectivity index (χ1n) is 5.97. The molecule has 5 heteroatoms. The highest BCUT2D eigenvalue weighted by atomic mass is 32.2. The summed E-state index contributed by atoms with van der Waals surface area (Å²) in [7, 11) is 0. The molecular weight excluding hydrogens is 262 g/mol. The minimum absolute atomic E-state index is 0.391. The highest BCUT2D eigenvalue weighted by Gasteiger charge is 2.11. The van der Waals surface area contributed by atoms with Crippen molar-refractivity contribution in [2.75, 3.05) is 5.32 Å². The van der Waals surface area contributed by atoms with Crippen LogP contribution in [-0.4, -0.2) is 16.2 Å². The summed E-state index contributed by atoms with van der Waals surface area (Å²) in [4.78, 5) is 0. The van der Waals surface area contributed by atoms with E-state index in [1.807, 2.05) is 6.07 Å². The number of rotatable bonds is 5. The molecule has 0 aliphatic heterocycles. The largest absolute Gasteiger partial charge is 0.358 e. The topological polar surface area (TPSA) is 37.8 Å². The van der Waals surface area contributed by atoms with Gasteiger partial charge in [0.2, 0.25) is 5.13 Å². The fourth-order valence-electron chi connectivity index (χ4n) is 1.51. The minimum atomic E-state index is 0.391. The third-order valence-electron chi connectivity index (χ3n) is 2.37. The van der Waals surface area contributed by atoms with Crippen LogP contribution in [0.3, 0.4) is 0 Å². The van der Waals surface area contributed by atoms with E-state index in [-0.39, 0.29) is 0 Å². The first-order valence-corrected chi connectivity index (χ1v) is 7.66. The third-order valence-corrected chi connectivity index (χ3v) is 4.46. The monoisotopic (exact) mass is 279 g/mol. The van der Waals surface area contributed by atoms with Crippen molar-refractivity contribution < 1.29 is 0 Å². The second-order valence-electron chi connectivity index (χ2n) is 4.34. The maximum absolute atomic E-state index is 4.20. The SMILES string of the molecule is CC(C)Nc1nnc(SC(C)c2ccccc2)s1. The predicted molar refractivity (Wildman–Crippen MR) is 79.4 cm³/mol. The molecule has 0 spiro atoms. The number of anilines is 1. The smallest absolute Gasteiger partial charge is 0.206 e. The maximum atomic E-state index is 4.20. The molecule has 2 rings (SSSR count). The van der Waals surface area contributed by atoms with Crippen molar-refractivity contribution in [2.45, 2.75) is 36.4 Å². The molecule has 1 heterocycles. The molecule has 0 aliphatic rings. The number of benzene rings is 1. The Balaban J connectivity index is 1.99. The van der Waals surface area contributed by atoms with Crippen LogP contribution >= 0.6 is 23.1 Å². The summed E-state index contributed by atoms with van der Waals surface area (Å²) < 4.78 is 1.01. The molecule has 1 aromatic heterocycles. The number of thioether (sulfide) groups is 1. The molecule has 1 aromatic carbocycles. The minimum Gasteiger partial charge on any atom is -0.358 e. The molecule has 2 aromatic rings. The standard InChI is InChI=1S/C13H17N3S2/c1-9(2)14-12-15-16-13(18-12)17-10(3)11-7-5-4-6-8-11/h4-10H,1-3H3,(H,14,15). The molecule has 0 saturated heterocycles. The molecule has 18 heavy (non-hydrogen) atoms. The number of nitrogens with one attached hydrogen (secondary N) is 1. The second kappa shape index (κ2) is 6.20. The van der Waals surface area contributed by atoms with Crippen LogP contribution in [-0.2, 0) is 0 Å². The highest BCUT2D eigenvalue weighted by molar-refractivity contribution is 8.01. The van der Waals surface area contributed by atoms with E-state index in [0.717, 1.165) is 9.47 Å². The van der Waals surface area contributed by atoms with Crippen LogP contribution in [0.25, 0.3) is 0 Å². The van der Waals surface area contributed by atoms with Crippen molar-refractivity contribution in [1.82, 2.24) is 10.2 Å². The first-order chi connectivity index (χ1) is 8.65. The first kappa shape index (κ1) is 13.4. The van der Waals surface area contributed by atoms with E-state index >= 15 is 0 Å². The lowest BCUT2D eigenvalue weighted by atomic mass is 10.2. The average molecular weight is 279 g/mol.